The number of carbonyl (C=O) groups is 1. The van der Waals surface area contributed by atoms with Crippen LogP contribution in [0.25, 0.3) is 11.1 Å². The van der Waals surface area contributed by atoms with Crippen molar-refractivity contribution in [2.75, 3.05) is 11.1 Å². The number of rotatable bonds is 4. The third kappa shape index (κ3) is 3.68. The van der Waals surface area contributed by atoms with Crippen LogP contribution < -0.4 is 5.32 Å². The first-order valence-electron chi connectivity index (χ1n) is 6.76. The molecule has 4 nitrogen and oxygen atoms in total. The Hall–Kier alpha value is -2.41. The van der Waals surface area contributed by atoms with E-state index in [-0.39, 0.29) is 16.6 Å². The van der Waals surface area contributed by atoms with E-state index in [1.165, 1.54) is 6.07 Å². The molecule has 0 radical (unpaired) electrons. The summed E-state index contributed by atoms with van der Waals surface area (Å²) in [6, 6.07) is 8.39. The number of nitrogens with zero attached hydrogens (tertiary/aromatic N) is 1. The zero-order valence-electron chi connectivity index (χ0n) is 12.1. The van der Waals surface area contributed by atoms with Crippen LogP contribution in [-0.4, -0.2) is 16.6 Å². The maximum absolute atomic E-state index is 13.5. The fraction of sp³-hybridized carbons (Fsp3) is 0.125. The van der Waals surface area contributed by atoms with Gasteiger partial charge in [-0.15, -0.1) is 11.8 Å². The van der Waals surface area contributed by atoms with Gasteiger partial charge in [0.2, 0.25) is 5.91 Å². The average molecular weight is 334 g/mol. The predicted octanol–water partition coefficient (Wildman–Crippen LogP) is 4.15. The number of hydrogen-bond acceptors (Lipinski definition) is 4. The number of aromatic nitrogens is 1. The summed E-state index contributed by atoms with van der Waals surface area (Å²) in [5, 5.41) is 2.71. The lowest BCUT2D eigenvalue weighted by atomic mass is 10.3. The van der Waals surface area contributed by atoms with Crippen LogP contribution >= 0.6 is 11.8 Å². The molecule has 7 heteroatoms. The van der Waals surface area contributed by atoms with Gasteiger partial charge in [0, 0.05) is 23.6 Å². The van der Waals surface area contributed by atoms with Crippen LogP contribution in [-0.2, 0) is 4.79 Å². The fourth-order valence-electron chi connectivity index (χ4n) is 2.05. The molecule has 0 saturated carbocycles. The number of thioether (sulfide) groups is 1. The van der Waals surface area contributed by atoms with Crippen LogP contribution in [0, 0.1) is 18.6 Å². The van der Waals surface area contributed by atoms with Crippen molar-refractivity contribution in [3.05, 3.63) is 53.9 Å². The molecule has 0 spiro atoms. The van der Waals surface area contributed by atoms with Crippen molar-refractivity contribution in [1.29, 1.82) is 0 Å². The molecule has 2 aromatic carbocycles. The van der Waals surface area contributed by atoms with E-state index >= 15 is 0 Å². The van der Waals surface area contributed by atoms with Gasteiger partial charge in [-0.05, 0) is 30.3 Å². The molecule has 3 aromatic rings. The van der Waals surface area contributed by atoms with Gasteiger partial charge in [-0.3, -0.25) is 4.79 Å². The molecule has 0 aliphatic heterocycles. The van der Waals surface area contributed by atoms with E-state index in [9.17, 15) is 13.6 Å². The third-order valence-corrected chi connectivity index (χ3v) is 4.08. The highest BCUT2D eigenvalue weighted by molar-refractivity contribution is 8.00. The molecule has 1 N–H and O–H groups in total. The molecular formula is C16H12F2N2O2S. The third-order valence-electron chi connectivity index (χ3n) is 3.03. The summed E-state index contributed by atoms with van der Waals surface area (Å²) in [5.41, 5.74) is 1.87. The molecule has 0 bridgehead atoms. The molecule has 0 atom stereocenters. The number of halogens is 2. The van der Waals surface area contributed by atoms with Gasteiger partial charge in [0.25, 0.3) is 0 Å². The fourth-order valence-corrected chi connectivity index (χ4v) is 2.77. The Bertz CT molecular complexity index is 880. The first-order valence-corrected chi connectivity index (χ1v) is 7.75. The van der Waals surface area contributed by atoms with Gasteiger partial charge < -0.3 is 9.73 Å². The number of carbonyl (C=O) groups excluding carboxylic acids is 1. The van der Waals surface area contributed by atoms with E-state index in [2.05, 4.69) is 10.3 Å². The molecule has 118 valence electrons. The van der Waals surface area contributed by atoms with Crippen LogP contribution in [0.2, 0.25) is 0 Å². The molecule has 0 saturated heterocycles. The number of nitrogens with one attached hydrogen (secondary N) is 1. The minimum absolute atomic E-state index is 0.0123. The largest absolute Gasteiger partial charge is 0.441 e. The van der Waals surface area contributed by atoms with Crippen LogP contribution in [0.1, 0.15) is 5.89 Å². The lowest BCUT2D eigenvalue weighted by molar-refractivity contribution is -0.113. The van der Waals surface area contributed by atoms with E-state index in [4.69, 9.17) is 4.42 Å². The number of hydrogen-bond donors (Lipinski definition) is 1. The van der Waals surface area contributed by atoms with Crippen LogP contribution in [0.4, 0.5) is 14.5 Å². The molecule has 1 amide bonds. The van der Waals surface area contributed by atoms with Crippen LogP contribution in [0.5, 0.6) is 0 Å². The number of fused-ring (bicyclic) bond motifs is 1. The molecular weight excluding hydrogens is 322 g/mol. The van der Waals surface area contributed by atoms with Gasteiger partial charge in [0.15, 0.2) is 11.5 Å². The highest BCUT2D eigenvalue weighted by atomic mass is 32.2. The number of benzene rings is 2. The molecule has 1 heterocycles. The first kappa shape index (κ1) is 15.5. The Labute approximate surface area is 134 Å². The van der Waals surface area contributed by atoms with Crippen LogP contribution in [0.3, 0.4) is 0 Å². The molecule has 3 rings (SSSR count). The Kier molecular flexibility index (Phi) is 4.29. The Morgan fingerprint density at radius 2 is 2.09 bits per heavy atom. The average Bonchev–Trinajstić information content (AvgIpc) is 2.85. The summed E-state index contributed by atoms with van der Waals surface area (Å²) < 4.78 is 31.7. The van der Waals surface area contributed by atoms with Gasteiger partial charge in [0.1, 0.15) is 17.2 Å². The summed E-state index contributed by atoms with van der Waals surface area (Å²) in [5.74, 6) is -1.06. The van der Waals surface area contributed by atoms with E-state index < -0.39 is 11.6 Å². The van der Waals surface area contributed by atoms with Crippen molar-refractivity contribution in [3.63, 3.8) is 0 Å². The number of aryl methyl sites for hydroxylation is 1. The highest BCUT2D eigenvalue weighted by Gasteiger charge is 2.09. The predicted molar refractivity (Wildman–Crippen MR) is 84.5 cm³/mol. The molecule has 0 aliphatic carbocycles. The summed E-state index contributed by atoms with van der Waals surface area (Å²) >= 11 is 1.00. The summed E-state index contributed by atoms with van der Waals surface area (Å²) in [4.78, 5) is 16.3. The van der Waals surface area contributed by atoms with Crippen molar-refractivity contribution in [2.24, 2.45) is 0 Å². The van der Waals surface area contributed by atoms with E-state index in [1.807, 2.05) is 0 Å². The number of amides is 1. The molecule has 23 heavy (non-hydrogen) atoms. The summed E-state index contributed by atoms with van der Waals surface area (Å²) in [7, 11) is 0. The van der Waals surface area contributed by atoms with Gasteiger partial charge in [-0.25, -0.2) is 13.8 Å². The molecule has 0 fully saturated rings. The molecule has 0 unspecified atom stereocenters. The summed E-state index contributed by atoms with van der Waals surface area (Å²) in [6.45, 7) is 1.74. The zero-order valence-corrected chi connectivity index (χ0v) is 12.9. The Balaban J connectivity index is 1.63. The second-order valence-electron chi connectivity index (χ2n) is 4.83. The summed E-state index contributed by atoms with van der Waals surface area (Å²) in [6.07, 6.45) is 0. The maximum Gasteiger partial charge on any atom is 0.234 e. The van der Waals surface area contributed by atoms with E-state index in [0.29, 0.717) is 22.7 Å². The molecule has 1 aromatic heterocycles. The number of anilines is 1. The monoisotopic (exact) mass is 334 g/mol. The van der Waals surface area contributed by atoms with Crippen molar-refractivity contribution in [3.8, 4) is 0 Å². The van der Waals surface area contributed by atoms with E-state index in [0.717, 1.165) is 23.9 Å². The first-order chi connectivity index (χ1) is 11.0. The number of oxazole rings is 1. The zero-order chi connectivity index (χ0) is 16.4. The minimum atomic E-state index is -0.678. The van der Waals surface area contributed by atoms with Crippen LogP contribution in [0.15, 0.2) is 45.7 Å². The van der Waals surface area contributed by atoms with Gasteiger partial charge in [0.05, 0.1) is 5.75 Å². The van der Waals surface area contributed by atoms with Crippen molar-refractivity contribution in [2.45, 2.75) is 11.8 Å². The van der Waals surface area contributed by atoms with E-state index in [1.54, 1.807) is 25.1 Å². The van der Waals surface area contributed by atoms with Crippen molar-refractivity contribution < 1.29 is 18.0 Å². The Morgan fingerprint density at radius 1 is 1.26 bits per heavy atom. The minimum Gasteiger partial charge on any atom is -0.441 e. The van der Waals surface area contributed by atoms with Crippen molar-refractivity contribution >= 4 is 34.5 Å². The second kappa shape index (κ2) is 6.37. The standard InChI is InChI=1S/C16H12F2N2O2S/c1-9-19-13-7-11(3-4-14(13)22-9)20-16(21)8-23-15-5-2-10(17)6-12(15)18/h2-7H,8H2,1H3,(H,20,21). The topological polar surface area (TPSA) is 55.1 Å². The SMILES string of the molecule is Cc1nc2cc(NC(=O)CSc3ccc(F)cc3F)ccc2o1. The highest BCUT2D eigenvalue weighted by Crippen LogP contribution is 2.23. The van der Waals surface area contributed by atoms with Gasteiger partial charge in [-0.1, -0.05) is 0 Å². The van der Waals surface area contributed by atoms with Gasteiger partial charge in [-0.2, -0.15) is 0 Å². The van der Waals surface area contributed by atoms with Gasteiger partial charge >= 0.3 is 0 Å². The quantitative estimate of drug-likeness (QED) is 0.729. The second-order valence-corrected chi connectivity index (χ2v) is 5.84. The lowest BCUT2D eigenvalue weighted by Gasteiger charge is -2.05. The smallest absolute Gasteiger partial charge is 0.234 e. The normalized spacial score (nSPS) is 10.9. The maximum atomic E-state index is 13.5. The Morgan fingerprint density at radius 3 is 2.87 bits per heavy atom. The van der Waals surface area contributed by atoms with Crippen molar-refractivity contribution in [1.82, 2.24) is 4.98 Å². The lowest BCUT2D eigenvalue weighted by Crippen LogP contribution is -2.14. The molecule has 0 aliphatic rings.